The Balaban J connectivity index is 2.65. The van der Waals surface area contributed by atoms with Crippen molar-refractivity contribution in [1.29, 1.82) is 0 Å². The maximum absolute atomic E-state index is 13.1. The van der Waals surface area contributed by atoms with Gasteiger partial charge in [-0.2, -0.15) is 0 Å². The highest BCUT2D eigenvalue weighted by Gasteiger charge is 2.12. The molecule has 6 heteroatoms. The number of imidazole rings is 1. The van der Waals surface area contributed by atoms with Gasteiger partial charge in [0.25, 0.3) is 0 Å². The Bertz CT molecular complexity index is 550. The normalized spacial score (nSPS) is 10.6. The molecule has 0 spiro atoms. The Kier molecular flexibility index (Phi) is 2.47. The summed E-state index contributed by atoms with van der Waals surface area (Å²) in [5.41, 5.74) is 1.03. The number of nitrogens with zero attached hydrogens (tertiary/aromatic N) is 2. The monoisotopic (exact) mass is 223 g/mol. The van der Waals surface area contributed by atoms with Crippen molar-refractivity contribution in [2.45, 2.75) is 6.54 Å². The van der Waals surface area contributed by atoms with E-state index >= 15 is 0 Å². The topological polar surface area (TPSA) is 67.2 Å². The summed E-state index contributed by atoms with van der Waals surface area (Å²) < 4.78 is 14.5. The number of carboxylic acid groups (broad SMARTS) is 1. The highest BCUT2D eigenvalue weighted by atomic mass is 19.1. The molecule has 84 valence electrons. The Labute approximate surface area is 90.5 Å². The van der Waals surface area contributed by atoms with Crippen LogP contribution in [0.15, 0.2) is 18.2 Å². The van der Waals surface area contributed by atoms with Gasteiger partial charge in [-0.3, -0.25) is 9.36 Å². The smallest absolute Gasteiger partial charge is 0.323 e. The SMILES string of the molecule is CNc1nc2ccc(F)cc2n1CC(=O)O. The maximum Gasteiger partial charge on any atom is 0.323 e. The summed E-state index contributed by atoms with van der Waals surface area (Å²) in [5, 5.41) is 11.5. The lowest BCUT2D eigenvalue weighted by Crippen LogP contribution is -2.11. The molecular weight excluding hydrogens is 213 g/mol. The molecule has 0 aliphatic carbocycles. The van der Waals surface area contributed by atoms with Crippen molar-refractivity contribution in [3.63, 3.8) is 0 Å². The summed E-state index contributed by atoms with van der Waals surface area (Å²) >= 11 is 0. The Morgan fingerprint density at radius 1 is 1.62 bits per heavy atom. The van der Waals surface area contributed by atoms with Crippen LogP contribution in [-0.2, 0) is 11.3 Å². The summed E-state index contributed by atoms with van der Waals surface area (Å²) in [6, 6.07) is 4.08. The van der Waals surface area contributed by atoms with Crippen molar-refractivity contribution in [3.05, 3.63) is 24.0 Å². The van der Waals surface area contributed by atoms with Gasteiger partial charge in [-0.25, -0.2) is 9.37 Å². The number of carboxylic acids is 1. The van der Waals surface area contributed by atoms with Crippen molar-refractivity contribution < 1.29 is 14.3 Å². The third-order valence-electron chi connectivity index (χ3n) is 2.23. The largest absolute Gasteiger partial charge is 0.480 e. The van der Waals surface area contributed by atoms with E-state index in [4.69, 9.17) is 5.11 Å². The van der Waals surface area contributed by atoms with Crippen LogP contribution in [0.3, 0.4) is 0 Å². The van der Waals surface area contributed by atoms with Gasteiger partial charge in [0.05, 0.1) is 11.0 Å². The number of aromatic nitrogens is 2. The van der Waals surface area contributed by atoms with Gasteiger partial charge in [0.2, 0.25) is 5.95 Å². The molecule has 1 aromatic carbocycles. The van der Waals surface area contributed by atoms with Gasteiger partial charge >= 0.3 is 5.97 Å². The minimum Gasteiger partial charge on any atom is -0.480 e. The molecule has 5 nitrogen and oxygen atoms in total. The lowest BCUT2D eigenvalue weighted by molar-refractivity contribution is -0.137. The summed E-state index contributed by atoms with van der Waals surface area (Å²) in [4.78, 5) is 14.8. The van der Waals surface area contributed by atoms with Crippen LogP contribution in [-0.4, -0.2) is 27.7 Å². The molecule has 0 fully saturated rings. The Morgan fingerprint density at radius 3 is 3.00 bits per heavy atom. The molecular formula is C10H10FN3O2. The Morgan fingerprint density at radius 2 is 2.38 bits per heavy atom. The first kappa shape index (κ1) is 10.4. The molecule has 1 aromatic heterocycles. The second-order valence-electron chi connectivity index (χ2n) is 3.30. The van der Waals surface area contributed by atoms with E-state index in [0.717, 1.165) is 0 Å². The molecule has 0 aliphatic heterocycles. The molecule has 0 aliphatic rings. The van der Waals surface area contributed by atoms with Crippen LogP contribution in [0.2, 0.25) is 0 Å². The van der Waals surface area contributed by atoms with Crippen LogP contribution in [0.25, 0.3) is 11.0 Å². The van der Waals surface area contributed by atoms with Crippen LogP contribution < -0.4 is 5.32 Å². The number of rotatable bonds is 3. The van der Waals surface area contributed by atoms with E-state index in [0.29, 0.717) is 17.0 Å². The molecule has 0 amide bonds. The number of benzene rings is 1. The summed E-state index contributed by atoms with van der Waals surface area (Å²) in [7, 11) is 1.63. The molecule has 2 aromatic rings. The standard InChI is InChI=1S/C10H10FN3O2/c1-12-10-13-7-3-2-6(11)4-8(7)14(10)5-9(15)16/h2-4H,5H2,1H3,(H,12,13)(H,15,16). The quantitative estimate of drug-likeness (QED) is 0.823. The fourth-order valence-corrected chi connectivity index (χ4v) is 1.58. The van der Waals surface area contributed by atoms with Crippen LogP contribution in [0.5, 0.6) is 0 Å². The van der Waals surface area contributed by atoms with Gasteiger partial charge in [-0.1, -0.05) is 0 Å². The number of carbonyl (C=O) groups is 1. The third kappa shape index (κ3) is 1.69. The van der Waals surface area contributed by atoms with Crippen molar-refractivity contribution >= 4 is 23.0 Å². The van der Waals surface area contributed by atoms with Crippen LogP contribution in [0.4, 0.5) is 10.3 Å². The molecule has 0 radical (unpaired) electrons. The minimum atomic E-state index is -1.000. The molecule has 0 bridgehead atoms. The van der Waals surface area contributed by atoms with Crippen molar-refractivity contribution in [1.82, 2.24) is 9.55 Å². The number of hydrogen-bond acceptors (Lipinski definition) is 3. The van der Waals surface area contributed by atoms with Gasteiger partial charge in [0.15, 0.2) is 0 Å². The van der Waals surface area contributed by atoms with E-state index < -0.39 is 11.8 Å². The van der Waals surface area contributed by atoms with E-state index in [9.17, 15) is 9.18 Å². The number of fused-ring (bicyclic) bond motifs is 1. The maximum atomic E-state index is 13.1. The fourth-order valence-electron chi connectivity index (χ4n) is 1.58. The first-order chi connectivity index (χ1) is 7.61. The van der Waals surface area contributed by atoms with Gasteiger partial charge in [0.1, 0.15) is 12.4 Å². The number of halogens is 1. The van der Waals surface area contributed by atoms with Gasteiger partial charge in [-0.15, -0.1) is 0 Å². The van der Waals surface area contributed by atoms with E-state index in [1.165, 1.54) is 22.8 Å². The molecule has 1 heterocycles. The average Bonchev–Trinajstić information content (AvgIpc) is 2.56. The Hall–Kier alpha value is -2.11. The molecule has 16 heavy (non-hydrogen) atoms. The zero-order chi connectivity index (χ0) is 11.7. The van der Waals surface area contributed by atoms with Gasteiger partial charge < -0.3 is 10.4 Å². The second-order valence-corrected chi connectivity index (χ2v) is 3.30. The molecule has 2 N–H and O–H groups in total. The van der Waals surface area contributed by atoms with Crippen molar-refractivity contribution in [3.8, 4) is 0 Å². The van der Waals surface area contributed by atoms with Crippen molar-refractivity contribution in [2.24, 2.45) is 0 Å². The van der Waals surface area contributed by atoms with E-state index in [1.54, 1.807) is 7.05 Å². The molecule has 0 unspecified atom stereocenters. The zero-order valence-corrected chi connectivity index (χ0v) is 8.57. The lowest BCUT2D eigenvalue weighted by Gasteiger charge is -2.04. The molecule has 2 rings (SSSR count). The van der Waals surface area contributed by atoms with Gasteiger partial charge in [-0.05, 0) is 18.2 Å². The van der Waals surface area contributed by atoms with E-state index in [1.807, 2.05) is 0 Å². The summed E-state index contributed by atoms with van der Waals surface area (Å²) in [6.45, 7) is -0.254. The summed E-state index contributed by atoms with van der Waals surface area (Å²) in [6.07, 6.45) is 0. The summed E-state index contributed by atoms with van der Waals surface area (Å²) in [5.74, 6) is -1.01. The number of nitrogens with one attached hydrogen (secondary N) is 1. The predicted octanol–water partition coefficient (Wildman–Crippen LogP) is 1.30. The number of anilines is 1. The van der Waals surface area contributed by atoms with Gasteiger partial charge in [0, 0.05) is 7.05 Å². The first-order valence-corrected chi connectivity index (χ1v) is 4.67. The fraction of sp³-hybridized carbons (Fsp3) is 0.200. The molecule has 0 atom stereocenters. The zero-order valence-electron chi connectivity index (χ0n) is 8.57. The first-order valence-electron chi connectivity index (χ1n) is 4.67. The van der Waals surface area contributed by atoms with E-state index in [2.05, 4.69) is 10.3 Å². The predicted molar refractivity (Wildman–Crippen MR) is 56.9 cm³/mol. The number of aliphatic carboxylic acids is 1. The highest BCUT2D eigenvalue weighted by Crippen LogP contribution is 2.20. The average molecular weight is 223 g/mol. The molecule has 0 saturated carbocycles. The van der Waals surface area contributed by atoms with Crippen molar-refractivity contribution in [2.75, 3.05) is 12.4 Å². The van der Waals surface area contributed by atoms with Crippen LogP contribution >= 0.6 is 0 Å². The number of hydrogen-bond donors (Lipinski definition) is 2. The highest BCUT2D eigenvalue weighted by molar-refractivity contribution is 5.81. The second kappa shape index (κ2) is 3.80. The molecule has 0 saturated heterocycles. The van der Waals surface area contributed by atoms with Crippen LogP contribution in [0.1, 0.15) is 0 Å². The lowest BCUT2D eigenvalue weighted by atomic mass is 10.3. The van der Waals surface area contributed by atoms with E-state index in [-0.39, 0.29) is 6.54 Å². The van der Waals surface area contributed by atoms with Crippen LogP contribution in [0, 0.1) is 5.82 Å². The minimum absolute atomic E-state index is 0.254. The third-order valence-corrected chi connectivity index (χ3v) is 2.23.